The topological polar surface area (TPSA) is 256 Å². The molecule has 4 heterocycles. The SMILES string of the molecule is CC(C)(C)OC(=O)C[C@@H](NC(=O)c1ccc(Cl)s1)C(=O)Nc1ccc(N2CCOCC2=O)cc1.ClCCl.O=C(O)C[C@@H](NC(=O)c1ccc(Cl)s1)C(=O)Nc1ccc(N2CCOCC2=O)cc1.O=CC(F)(F)F. The Morgan fingerprint density at radius 1 is 0.699 bits per heavy atom. The van der Waals surface area contributed by atoms with E-state index in [4.69, 9.17) is 70.5 Å². The molecule has 2 aliphatic rings. The maximum absolute atomic E-state index is 13.0. The van der Waals surface area contributed by atoms with Crippen molar-refractivity contribution >= 4 is 145 Å². The number of esters is 1. The molecule has 0 unspecified atom stereocenters. The van der Waals surface area contributed by atoms with Crippen LogP contribution in [0.4, 0.5) is 35.9 Å². The van der Waals surface area contributed by atoms with Crippen LogP contribution in [0.5, 0.6) is 0 Å². The Morgan fingerprint density at radius 2 is 1.07 bits per heavy atom. The summed E-state index contributed by atoms with van der Waals surface area (Å²) < 4.78 is 47.6. The van der Waals surface area contributed by atoms with Gasteiger partial charge in [0.2, 0.25) is 18.1 Å². The number of thiophene rings is 2. The van der Waals surface area contributed by atoms with Crippen LogP contribution in [-0.2, 0) is 47.8 Å². The number of carboxylic acids is 1. The van der Waals surface area contributed by atoms with Crippen LogP contribution in [0.2, 0.25) is 8.67 Å². The summed E-state index contributed by atoms with van der Waals surface area (Å²) in [4.78, 5) is 110. The number of carbonyl (C=O) groups excluding carboxylic acids is 8. The second-order valence-electron chi connectivity index (χ2n) is 15.7. The van der Waals surface area contributed by atoms with E-state index in [9.17, 15) is 51.5 Å². The van der Waals surface area contributed by atoms with Gasteiger partial charge in [-0.25, -0.2) is 0 Å². The molecule has 6 amide bonds. The first kappa shape index (κ1) is 61.4. The van der Waals surface area contributed by atoms with Gasteiger partial charge in [0.1, 0.15) is 30.9 Å². The highest BCUT2D eigenvalue weighted by Crippen LogP contribution is 2.25. The van der Waals surface area contributed by atoms with Crippen LogP contribution in [0.3, 0.4) is 0 Å². The van der Waals surface area contributed by atoms with E-state index < -0.39 is 72.1 Å². The first-order valence-electron chi connectivity index (χ1n) is 21.1. The second-order valence-corrected chi connectivity index (χ2v) is 19.9. The smallest absolute Gasteiger partial charge is 0.446 e. The number of anilines is 4. The van der Waals surface area contributed by atoms with Crippen molar-refractivity contribution in [2.45, 2.75) is 57.5 Å². The normalized spacial score (nSPS) is 14.2. The number of aliphatic carboxylic acids is 1. The molecule has 19 nitrogen and oxygen atoms in total. The summed E-state index contributed by atoms with van der Waals surface area (Å²) in [5.74, 6) is -4.54. The average Bonchev–Trinajstić information content (AvgIpc) is 3.97. The van der Waals surface area contributed by atoms with Crippen LogP contribution in [0.15, 0.2) is 72.8 Å². The fourth-order valence-electron chi connectivity index (χ4n) is 5.96. The maximum Gasteiger partial charge on any atom is 0.446 e. The van der Waals surface area contributed by atoms with Gasteiger partial charge in [0.05, 0.1) is 49.8 Å². The predicted octanol–water partition coefficient (Wildman–Crippen LogP) is 7.38. The highest BCUT2D eigenvalue weighted by atomic mass is 35.5. The van der Waals surface area contributed by atoms with Gasteiger partial charge in [0, 0.05) is 35.8 Å². The van der Waals surface area contributed by atoms with E-state index in [0.29, 0.717) is 62.6 Å². The van der Waals surface area contributed by atoms with E-state index in [0.717, 1.165) is 22.7 Å². The Kier molecular flexibility index (Phi) is 25.0. The summed E-state index contributed by atoms with van der Waals surface area (Å²) >= 11 is 23.3. The summed E-state index contributed by atoms with van der Waals surface area (Å²) in [5.41, 5.74) is 1.44. The molecule has 0 saturated carbocycles. The number of nitrogens with zero attached hydrogens (tertiary/aromatic N) is 2. The summed E-state index contributed by atoms with van der Waals surface area (Å²) in [6, 6.07) is 16.9. The Bertz CT molecular complexity index is 2550. The Morgan fingerprint density at radius 3 is 1.37 bits per heavy atom. The van der Waals surface area contributed by atoms with Gasteiger partial charge in [-0.15, -0.1) is 45.9 Å². The second kappa shape index (κ2) is 29.7. The number of carbonyl (C=O) groups is 9. The summed E-state index contributed by atoms with van der Waals surface area (Å²) in [7, 11) is 0. The van der Waals surface area contributed by atoms with E-state index >= 15 is 0 Å². The minimum Gasteiger partial charge on any atom is -0.481 e. The lowest BCUT2D eigenvalue weighted by molar-refractivity contribution is -0.156. The summed E-state index contributed by atoms with van der Waals surface area (Å²) in [5, 5.41) is 19.6. The van der Waals surface area contributed by atoms with Crippen molar-refractivity contribution in [3.05, 3.63) is 91.2 Å². The number of morpholine rings is 2. The molecule has 6 rings (SSSR count). The molecule has 73 heavy (non-hydrogen) atoms. The Balaban J connectivity index is 0.000000332. The molecule has 5 N–H and O–H groups in total. The van der Waals surface area contributed by atoms with Gasteiger partial charge in [-0.05, 0) is 93.6 Å². The number of amides is 6. The third kappa shape index (κ3) is 22.4. The molecular formula is C45H47Cl4F3N6O13S2. The number of aldehydes is 1. The lowest BCUT2D eigenvalue weighted by Gasteiger charge is -2.27. The lowest BCUT2D eigenvalue weighted by atomic mass is 10.1. The quantitative estimate of drug-likeness (QED) is 0.0470. The van der Waals surface area contributed by atoms with Crippen molar-refractivity contribution in [1.82, 2.24) is 10.6 Å². The van der Waals surface area contributed by atoms with Gasteiger partial charge in [-0.3, -0.25) is 43.2 Å². The Hall–Kier alpha value is -5.86. The van der Waals surface area contributed by atoms with Gasteiger partial charge in [-0.2, -0.15) is 13.2 Å². The molecule has 0 aliphatic carbocycles. The molecule has 396 valence electrons. The van der Waals surface area contributed by atoms with Crippen LogP contribution in [0.25, 0.3) is 0 Å². The largest absolute Gasteiger partial charge is 0.481 e. The molecule has 2 fully saturated rings. The zero-order valence-electron chi connectivity index (χ0n) is 38.7. The fraction of sp³-hybridized carbons (Fsp3) is 0.356. The van der Waals surface area contributed by atoms with Crippen molar-refractivity contribution in [2.24, 2.45) is 0 Å². The van der Waals surface area contributed by atoms with Gasteiger partial charge < -0.3 is 50.4 Å². The zero-order chi connectivity index (χ0) is 54.5. The van der Waals surface area contributed by atoms with Crippen LogP contribution in [-0.4, -0.2) is 127 Å². The first-order valence-corrected chi connectivity index (χ1v) is 24.6. The van der Waals surface area contributed by atoms with Crippen molar-refractivity contribution in [3.63, 3.8) is 0 Å². The number of ether oxygens (including phenoxy) is 3. The number of alkyl halides is 5. The van der Waals surface area contributed by atoms with E-state index in [-0.39, 0.29) is 41.7 Å². The van der Waals surface area contributed by atoms with E-state index in [1.165, 1.54) is 18.2 Å². The van der Waals surface area contributed by atoms with Gasteiger partial charge in [-0.1, -0.05) is 23.2 Å². The van der Waals surface area contributed by atoms with Crippen molar-refractivity contribution in [1.29, 1.82) is 0 Å². The van der Waals surface area contributed by atoms with Gasteiger partial charge in [0.25, 0.3) is 23.6 Å². The van der Waals surface area contributed by atoms with E-state index in [2.05, 4.69) is 21.3 Å². The molecule has 2 atom stereocenters. The molecule has 2 aliphatic heterocycles. The first-order chi connectivity index (χ1) is 34.3. The molecular weight excluding hydrogens is 1100 g/mol. The highest BCUT2D eigenvalue weighted by Gasteiger charge is 2.30. The average molecular weight is 1140 g/mol. The van der Waals surface area contributed by atoms with Gasteiger partial charge >= 0.3 is 18.1 Å². The molecule has 0 bridgehead atoms. The van der Waals surface area contributed by atoms with Crippen molar-refractivity contribution < 1.29 is 75.6 Å². The molecule has 2 aromatic heterocycles. The molecule has 0 radical (unpaired) electrons. The van der Waals surface area contributed by atoms with Crippen molar-refractivity contribution in [3.8, 4) is 0 Å². The number of hydrogen-bond donors (Lipinski definition) is 5. The number of benzene rings is 2. The molecule has 4 aromatic rings. The number of halogens is 7. The number of hydrogen-bond acceptors (Lipinski definition) is 14. The number of carboxylic acid groups (broad SMARTS) is 1. The number of rotatable bonds is 14. The predicted molar refractivity (Wildman–Crippen MR) is 269 cm³/mol. The fourth-order valence-corrected chi connectivity index (χ4v) is 7.86. The molecule has 0 spiro atoms. The molecule has 2 saturated heterocycles. The van der Waals surface area contributed by atoms with Gasteiger partial charge in [0.15, 0.2) is 0 Å². The van der Waals surface area contributed by atoms with Crippen LogP contribution < -0.4 is 31.1 Å². The van der Waals surface area contributed by atoms with Crippen molar-refractivity contribution in [2.75, 3.05) is 65.3 Å². The summed E-state index contributed by atoms with van der Waals surface area (Å²) in [6.45, 7) is 6.96. The molecule has 2 aromatic carbocycles. The lowest BCUT2D eigenvalue weighted by Crippen LogP contribution is -2.45. The van der Waals surface area contributed by atoms with Crippen LogP contribution in [0, 0.1) is 0 Å². The number of nitrogens with one attached hydrogen (secondary N) is 4. The minimum atomic E-state index is -4.64. The Labute approximate surface area is 443 Å². The minimum absolute atomic E-state index is 0.0184. The highest BCUT2D eigenvalue weighted by molar-refractivity contribution is 7.18. The summed E-state index contributed by atoms with van der Waals surface area (Å²) in [6.07, 6.45) is -6.64. The third-order valence-corrected chi connectivity index (χ3v) is 11.5. The van der Waals surface area contributed by atoms with E-state index in [1.807, 2.05) is 0 Å². The maximum atomic E-state index is 13.0. The third-order valence-electron chi connectivity index (χ3n) is 9.01. The monoisotopic (exact) mass is 1140 g/mol. The van der Waals surface area contributed by atoms with Crippen LogP contribution >= 0.6 is 69.1 Å². The molecule has 28 heteroatoms. The zero-order valence-corrected chi connectivity index (χ0v) is 43.4. The standard InChI is InChI=1S/C23H26ClN3O6S.C19H18ClN3O6S.C2HF3O.CH2Cl2/c1-23(2,3)33-20(29)12-16(26-22(31)17-8-9-18(24)34-17)21(30)25-14-4-6-15(7-5-14)27-10-11-32-13-19(27)28;20-15-6-5-14(30-15)19(28)22-13(9-17(25)26)18(27)21-11-1-3-12(4-2-11)23-7-8-29-10-16(23)24;3-2(4,5)1-6;2-1-3/h4-9,16H,10-13H2,1-3H3,(H,25,30)(H,26,31);1-6,13H,7-10H2,(H,21,27)(H,22,28)(H,25,26);1H;1H2/t16-;13-;;/m11../s1. The van der Waals surface area contributed by atoms with Crippen LogP contribution in [0.1, 0.15) is 53.0 Å². The van der Waals surface area contributed by atoms with E-state index in [1.54, 1.807) is 85.2 Å².